The normalized spacial score (nSPS) is 14.3. The van der Waals surface area contributed by atoms with Crippen molar-refractivity contribution in [2.24, 2.45) is 0 Å². The minimum Gasteiger partial charge on any atom is -1.00 e. The third kappa shape index (κ3) is 4.84. The number of hydrogen-bond donors (Lipinski definition) is 0. The first-order valence-corrected chi connectivity index (χ1v) is 12.5. The molecule has 0 N–H and O–H groups in total. The van der Waals surface area contributed by atoms with E-state index in [9.17, 15) is 0 Å². The molecule has 0 radical (unpaired) electrons. The van der Waals surface area contributed by atoms with Crippen LogP contribution in [0.1, 0.15) is 70.2 Å². The van der Waals surface area contributed by atoms with Gasteiger partial charge in [-0.1, -0.05) is 0 Å². The molecule has 0 spiro atoms. The molecule has 3 heteroatoms. The summed E-state index contributed by atoms with van der Waals surface area (Å²) in [4.78, 5) is 0. The topological polar surface area (TPSA) is 0 Å². The Bertz CT molecular complexity index is 969. The maximum absolute atomic E-state index is 2.47. The largest absolute Gasteiger partial charge is 1.00 e. The van der Waals surface area contributed by atoms with Crippen LogP contribution in [-0.2, 0) is 40.5 Å². The molecule has 0 aliphatic heterocycles. The fraction of sp³-hybridized carbons (Fsp3) is 0.385. The van der Waals surface area contributed by atoms with Gasteiger partial charge in [-0.15, -0.1) is 0 Å². The van der Waals surface area contributed by atoms with Crippen molar-refractivity contribution in [2.75, 3.05) is 0 Å². The maximum atomic E-state index is 2.47. The summed E-state index contributed by atoms with van der Waals surface area (Å²) in [5.74, 6) is 0. The van der Waals surface area contributed by atoms with Gasteiger partial charge in [0, 0.05) is 0 Å². The molecular formula is C26H30Cl2Zr. The van der Waals surface area contributed by atoms with Crippen molar-refractivity contribution in [3.05, 3.63) is 74.1 Å². The molecule has 152 valence electrons. The van der Waals surface area contributed by atoms with E-state index in [0.29, 0.717) is 0 Å². The summed E-state index contributed by atoms with van der Waals surface area (Å²) in [6.45, 7) is 14.1. The zero-order valence-electron chi connectivity index (χ0n) is 18.3. The first-order valence-electron chi connectivity index (χ1n) is 10.1. The van der Waals surface area contributed by atoms with Gasteiger partial charge in [-0.05, 0) is 0 Å². The Morgan fingerprint density at radius 1 is 0.828 bits per heavy atom. The SMILES string of the molecule is CC(C)(C)c1ccc2c(c1)Cc1c-2ccc(C(C)(C)C)[c]1[Zr+2][C]1=CC=CC1.[Cl-].[Cl-]. The van der Waals surface area contributed by atoms with Gasteiger partial charge < -0.3 is 24.8 Å². The van der Waals surface area contributed by atoms with Gasteiger partial charge in [0.2, 0.25) is 0 Å². The van der Waals surface area contributed by atoms with Crippen LogP contribution in [-0.4, -0.2) is 0 Å². The van der Waals surface area contributed by atoms with Crippen molar-refractivity contribution in [3.8, 4) is 11.1 Å². The molecular weight excluding hydrogens is 474 g/mol. The zero-order valence-corrected chi connectivity index (χ0v) is 22.3. The van der Waals surface area contributed by atoms with E-state index in [2.05, 4.69) is 90.1 Å². The standard InChI is InChI=1S/C21H25.C5H5.2ClH.Zr/c1-20(2,3)16-7-9-18-14(12-16)11-15-13-17(21(4,5)6)8-10-19(15)18;1-2-4-5-3-1;;;/h7-10,12H,11H2,1-6H3;1-3H,4H2;2*1H;/q;;;;+2/p-2. The second kappa shape index (κ2) is 8.86. The molecule has 0 aromatic heterocycles. The van der Waals surface area contributed by atoms with Crippen LogP contribution >= 0.6 is 0 Å². The number of allylic oxidation sites excluding steroid dienone is 4. The summed E-state index contributed by atoms with van der Waals surface area (Å²) in [7, 11) is 0. The van der Waals surface area contributed by atoms with Gasteiger partial charge in [0.1, 0.15) is 0 Å². The van der Waals surface area contributed by atoms with Crippen LogP contribution in [0.15, 0.2) is 51.8 Å². The molecule has 0 saturated heterocycles. The monoisotopic (exact) mass is 502 g/mol. The Hall–Kier alpha value is -0.617. The molecule has 0 amide bonds. The van der Waals surface area contributed by atoms with Gasteiger partial charge in [-0.3, -0.25) is 0 Å². The summed E-state index contributed by atoms with van der Waals surface area (Å²) in [6.07, 6.45) is 9.26. The summed E-state index contributed by atoms with van der Waals surface area (Å²) >= 11 is -0.756. The van der Waals surface area contributed by atoms with E-state index >= 15 is 0 Å². The van der Waals surface area contributed by atoms with Crippen LogP contribution in [0.25, 0.3) is 11.1 Å². The number of hydrogen-bond acceptors (Lipinski definition) is 0. The van der Waals surface area contributed by atoms with Gasteiger partial charge >= 0.3 is 177 Å². The van der Waals surface area contributed by atoms with Gasteiger partial charge in [0.15, 0.2) is 0 Å². The Morgan fingerprint density at radius 3 is 2.10 bits per heavy atom. The van der Waals surface area contributed by atoms with Crippen molar-refractivity contribution in [1.29, 1.82) is 0 Å². The van der Waals surface area contributed by atoms with Crippen molar-refractivity contribution < 1.29 is 48.0 Å². The molecule has 0 nitrogen and oxygen atoms in total. The Morgan fingerprint density at radius 2 is 1.52 bits per heavy atom. The molecule has 2 aliphatic rings. The summed E-state index contributed by atoms with van der Waals surface area (Å²) in [5.41, 5.74) is 9.60. The van der Waals surface area contributed by atoms with E-state index in [1.54, 1.807) is 17.7 Å². The molecule has 4 rings (SSSR count). The van der Waals surface area contributed by atoms with Gasteiger partial charge in [-0.25, -0.2) is 0 Å². The third-order valence-electron chi connectivity index (χ3n) is 5.81. The quantitative estimate of drug-likeness (QED) is 0.475. The Labute approximate surface area is 200 Å². The van der Waals surface area contributed by atoms with Crippen molar-refractivity contribution >= 4 is 3.27 Å². The molecule has 0 heterocycles. The summed E-state index contributed by atoms with van der Waals surface area (Å²) in [6, 6.07) is 12.0. The van der Waals surface area contributed by atoms with E-state index in [1.807, 2.05) is 0 Å². The van der Waals surface area contributed by atoms with Crippen LogP contribution in [0.4, 0.5) is 0 Å². The first kappa shape index (κ1) is 24.7. The fourth-order valence-electron chi connectivity index (χ4n) is 4.21. The maximum Gasteiger partial charge on any atom is -1.00 e. The van der Waals surface area contributed by atoms with Crippen molar-refractivity contribution in [2.45, 2.75) is 65.2 Å². The smallest absolute Gasteiger partial charge is 1.00 e. The summed E-state index contributed by atoms with van der Waals surface area (Å²) in [5, 5.41) is 0. The number of benzene rings is 2. The van der Waals surface area contributed by atoms with Crippen LogP contribution in [0, 0.1) is 0 Å². The first-order chi connectivity index (χ1) is 12.6. The fourth-order valence-corrected chi connectivity index (χ4v) is 8.36. The third-order valence-corrected chi connectivity index (χ3v) is 9.53. The van der Waals surface area contributed by atoms with Crippen LogP contribution in [0.5, 0.6) is 0 Å². The number of rotatable bonds is 2. The van der Waals surface area contributed by atoms with E-state index in [0.717, 1.165) is 6.42 Å². The second-order valence-corrected chi connectivity index (χ2v) is 13.4. The predicted molar refractivity (Wildman–Crippen MR) is 114 cm³/mol. The van der Waals surface area contributed by atoms with E-state index in [-0.39, 0.29) is 35.6 Å². The number of fused-ring (bicyclic) bond motifs is 3. The molecule has 2 aliphatic carbocycles. The minimum atomic E-state index is -0.756. The van der Waals surface area contributed by atoms with E-state index in [4.69, 9.17) is 0 Å². The molecule has 29 heavy (non-hydrogen) atoms. The number of halogens is 2. The molecule has 0 fully saturated rings. The average Bonchev–Trinajstić information content (AvgIpc) is 3.20. The average molecular weight is 505 g/mol. The molecule has 0 atom stereocenters. The summed E-state index contributed by atoms with van der Waals surface area (Å²) < 4.78 is 3.45. The molecule has 2 aromatic rings. The molecule has 0 saturated carbocycles. The molecule has 0 bridgehead atoms. The van der Waals surface area contributed by atoms with Crippen LogP contribution in [0.3, 0.4) is 0 Å². The molecule has 0 unspecified atom stereocenters. The van der Waals surface area contributed by atoms with Crippen molar-refractivity contribution in [3.63, 3.8) is 0 Å². The van der Waals surface area contributed by atoms with Crippen LogP contribution < -0.4 is 28.1 Å². The Kier molecular flexibility index (Phi) is 7.53. The second-order valence-electron chi connectivity index (χ2n) is 10.0. The zero-order chi connectivity index (χ0) is 19.4. The van der Waals surface area contributed by atoms with Crippen molar-refractivity contribution in [1.82, 2.24) is 0 Å². The predicted octanol–water partition coefficient (Wildman–Crippen LogP) is 0.412. The van der Waals surface area contributed by atoms with Gasteiger partial charge in [0.25, 0.3) is 0 Å². The van der Waals surface area contributed by atoms with E-state index in [1.165, 1.54) is 28.7 Å². The van der Waals surface area contributed by atoms with Crippen LogP contribution in [0.2, 0.25) is 0 Å². The minimum absolute atomic E-state index is 0. The Balaban J connectivity index is 0.00000150. The van der Waals surface area contributed by atoms with E-state index < -0.39 is 23.2 Å². The van der Waals surface area contributed by atoms with Gasteiger partial charge in [0.05, 0.1) is 0 Å². The van der Waals surface area contributed by atoms with Gasteiger partial charge in [-0.2, -0.15) is 0 Å². The molecule has 2 aromatic carbocycles.